The van der Waals surface area contributed by atoms with Gasteiger partial charge in [-0.3, -0.25) is 9.59 Å². The Bertz CT molecular complexity index is 401. The third kappa shape index (κ3) is 4.55. The highest BCUT2D eigenvalue weighted by Crippen LogP contribution is 2.31. The largest absolute Gasteiger partial charge is 0.480 e. The fourth-order valence-corrected chi connectivity index (χ4v) is 1.92. The fourth-order valence-electron chi connectivity index (χ4n) is 1.92. The molecule has 12 nitrogen and oxygen atoms in total. The van der Waals surface area contributed by atoms with Gasteiger partial charge in [-0.05, 0) is 12.8 Å². The van der Waals surface area contributed by atoms with E-state index < -0.39 is 46.7 Å². The molecular weight excluding hydrogens is 282 g/mol. The van der Waals surface area contributed by atoms with Crippen molar-refractivity contribution >= 4 is 11.9 Å². The number of nitrogens with zero attached hydrogens (tertiary/aromatic N) is 2. The van der Waals surface area contributed by atoms with E-state index in [0.29, 0.717) is 0 Å². The smallest absolute Gasteiger partial charge is 0.322 e. The normalized spacial score (nSPS) is 24.7. The third-order valence-electron chi connectivity index (χ3n) is 2.68. The maximum atomic E-state index is 11.6. The zero-order valence-electron chi connectivity index (χ0n) is 9.96. The van der Waals surface area contributed by atoms with Crippen molar-refractivity contribution in [1.29, 1.82) is 0 Å². The van der Waals surface area contributed by atoms with Gasteiger partial charge in [0.2, 0.25) is 5.91 Å². The number of carboxylic acid groups (broad SMARTS) is 1. The van der Waals surface area contributed by atoms with Crippen molar-refractivity contribution in [3.05, 3.63) is 20.2 Å². The maximum Gasteiger partial charge on any atom is 0.322 e. The average Bonchev–Trinajstić information content (AvgIpc) is 2.67. The molecule has 20 heavy (non-hydrogen) atoms. The molecule has 0 aromatic carbocycles. The Kier molecular flexibility index (Phi) is 5.00. The zero-order valence-corrected chi connectivity index (χ0v) is 9.96. The maximum absolute atomic E-state index is 11.6. The molecule has 112 valence electrons. The Hall–Kier alpha value is -2.66. The highest BCUT2D eigenvalue weighted by molar-refractivity contribution is 5.83. The summed E-state index contributed by atoms with van der Waals surface area (Å²) in [6.45, 7) is -0.614. The van der Waals surface area contributed by atoms with E-state index in [1.807, 2.05) is 0 Å². The molecule has 0 spiro atoms. The van der Waals surface area contributed by atoms with Crippen LogP contribution in [-0.2, 0) is 19.3 Å². The second-order valence-corrected chi connectivity index (χ2v) is 4.01. The highest BCUT2D eigenvalue weighted by Gasteiger charge is 2.42. The summed E-state index contributed by atoms with van der Waals surface area (Å²) in [5.74, 6) is -2.80. The van der Waals surface area contributed by atoms with Crippen LogP contribution in [0.5, 0.6) is 0 Å². The molecule has 1 rings (SSSR count). The molecule has 0 saturated heterocycles. The molecule has 0 heterocycles. The molecule has 0 bridgehead atoms. The Morgan fingerprint density at radius 1 is 1.15 bits per heavy atom. The summed E-state index contributed by atoms with van der Waals surface area (Å²) >= 11 is 0. The van der Waals surface area contributed by atoms with Crippen LogP contribution in [0.4, 0.5) is 0 Å². The van der Waals surface area contributed by atoms with Gasteiger partial charge in [0.05, 0.1) is 0 Å². The molecule has 2 N–H and O–H groups in total. The summed E-state index contributed by atoms with van der Waals surface area (Å²) < 4.78 is 0. The lowest BCUT2D eigenvalue weighted by atomic mass is 10.1. The minimum Gasteiger partial charge on any atom is -0.480 e. The lowest BCUT2D eigenvalue weighted by molar-refractivity contribution is -0.797. The van der Waals surface area contributed by atoms with Crippen molar-refractivity contribution in [2.75, 3.05) is 6.54 Å². The molecule has 1 saturated carbocycles. The van der Waals surface area contributed by atoms with Crippen LogP contribution in [0, 0.1) is 26.1 Å². The number of aliphatic carboxylic acids is 1. The van der Waals surface area contributed by atoms with E-state index in [4.69, 9.17) is 5.11 Å². The number of amides is 1. The lowest BCUT2D eigenvalue weighted by Crippen LogP contribution is -2.34. The van der Waals surface area contributed by atoms with Gasteiger partial charge in [-0.25, -0.2) is 0 Å². The van der Waals surface area contributed by atoms with Crippen molar-refractivity contribution in [1.82, 2.24) is 5.32 Å². The predicted octanol–water partition coefficient (Wildman–Crippen LogP) is -1.25. The highest BCUT2D eigenvalue weighted by atomic mass is 17.0. The minimum atomic E-state index is -1.26. The SMILES string of the molecule is O=C(O)CNC(=O)C1C[C@H](O[N+](=O)[O-])[C@H](O[N+](=O)[O-])C1. The summed E-state index contributed by atoms with van der Waals surface area (Å²) in [6, 6.07) is 0. The number of carbonyl (C=O) groups is 2. The predicted molar refractivity (Wildman–Crippen MR) is 57.1 cm³/mol. The quantitative estimate of drug-likeness (QED) is 0.429. The average molecular weight is 293 g/mol. The van der Waals surface area contributed by atoms with Crippen LogP contribution in [0.2, 0.25) is 0 Å². The molecule has 1 unspecified atom stereocenters. The van der Waals surface area contributed by atoms with Gasteiger partial charge in [0.25, 0.3) is 10.2 Å². The van der Waals surface area contributed by atoms with Crippen LogP contribution >= 0.6 is 0 Å². The van der Waals surface area contributed by atoms with Gasteiger partial charge in [-0.15, -0.1) is 20.2 Å². The Labute approximate surface area is 110 Å². The molecule has 3 atom stereocenters. The van der Waals surface area contributed by atoms with Gasteiger partial charge >= 0.3 is 5.97 Å². The van der Waals surface area contributed by atoms with Crippen LogP contribution in [0.25, 0.3) is 0 Å². The van der Waals surface area contributed by atoms with E-state index in [0.717, 1.165) is 0 Å². The molecule has 12 heteroatoms. The number of hydrogen-bond donors (Lipinski definition) is 2. The van der Waals surface area contributed by atoms with Crippen molar-refractivity contribution in [3.63, 3.8) is 0 Å². The number of carbonyl (C=O) groups excluding carboxylic acids is 1. The van der Waals surface area contributed by atoms with Gasteiger partial charge in [-0.1, -0.05) is 0 Å². The number of carboxylic acids is 1. The minimum absolute atomic E-state index is 0.176. The van der Waals surface area contributed by atoms with E-state index in [-0.39, 0.29) is 12.8 Å². The molecule has 1 aliphatic carbocycles. The molecule has 0 aromatic rings. The van der Waals surface area contributed by atoms with Gasteiger partial charge in [-0.2, -0.15) is 0 Å². The lowest BCUT2D eigenvalue weighted by Gasteiger charge is -2.14. The van der Waals surface area contributed by atoms with Crippen molar-refractivity contribution < 1.29 is 34.5 Å². The summed E-state index contributed by atoms with van der Waals surface area (Å²) in [5, 5.41) is 28.7. The van der Waals surface area contributed by atoms with Crippen LogP contribution in [0.15, 0.2) is 0 Å². The van der Waals surface area contributed by atoms with Gasteiger partial charge < -0.3 is 20.1 Å². The van der Waals surface area contributed by atoms with Gasteiger partial charge in [0, 0.05) is 5.92 Å². The fraction of sp³-hybridized carbons (Fsp3) is 0.750. The number of hydrogen-bond acceptors (Lipinski definition) is 8. The summed E-state index contributed by atoms with van der Waals surface area (Å²) in [4.78, 5) is 50.9. The Morgan fingerprint density at radius 2 is 1.60 bits per heavy atom. The number of rotatable bonds is 7. The molecule has 0 aromatic heterocycles. The van der Waals surface area contributed by atoms with E-state index >= 15 is 0 Å². The Balaban J connectivity index is 2.63. The summed E-state index contributed by atoms with van der Waals surface area (Å²) in [7, 11) is 0. The summed E-state index contributed by atoms with van der Waals surface area (Å²) in [5.41, 5.74) is 0. The molecule has 1 aliphatic rings. The van der Waals surface area contributed by atoms with Crippen molar-refractivity contribution in [2.45, 2.75) is 25.0 Å². The van der Waals surface area contributed by atoms with Crippen LogP contribution in [0.1, 0.15) is 12.8 Å². The van der Waals surface area contributed by atoms with E-state index in [2.05, 4.69) is 15.0 Å². The third-order valence-corrected chi connectivity index (χ3v) is 2.68. The standard InChI is InChI=1S/C8H11N3O9/c12-7(13)3-9-8(14)4-1-5(19-10(15)16)6(2-4)20-11(17)18/h4-6H,1-3H2,(H,9,14)(H,12,13)/t4?,5-,6+. The second-order valence-electron chi connectivity index (χ2n) is 4.01. The number of nitrogens with one attached hydrogen (secondary N) is 1. The monoisotopic (exact) mass is 293 g/mol. The first-order chi connectivity index (χ1) is 9.29. The topological polar surface area (TPSA) is 171 Å². The molecule has 1 fully saturated rings. The Morgan fingerprint density at radius 3 is 1.95 bits per heavy atom. The van der Waals surface area contributed by atoms with Crippen molar-refractivity contribution in [2.24, 2.45) is 5.92 Å². The van der Waals surface area contributed by atoms with Crippen LogP contribution < -0.4 is 5.32 Å². The molecule has 0 aliphatic heterocycles. The first-order valence-electron chi connectivity index (χ1n) is 5.41. The zero-order chi connectivity index (χ0) is 15.3. The second kappa shape index (κ2) is 6.49. The van der Waals surface area contributed by atoms with Crippen LogP contribution in [0.3, 0.4) is 0 Å². The van der Waals surface area contributed by atoms with E-state index in [9.17, 15) is 29.8 Å². The van der Waals surface area contributed by atoms with E-state index in [1.165, 1.54) is 0 Å². The molecule has 0 radical (unpaired) electrons. The van der Waals surface area contributed by atoms with Gasteiger partial charge in [0.1, 0.15) is 18.8 Å². The van der Waals surface area contributed by atoms with Gasteiger partial charge in [0.15, 0.2) is 0 Å². The molecular formula is C8H11N3O9. The first-order valence-corrected chi connectivity index (χ1v) is 5.41. The first kappa shape index (κ1) is 15.4. The van der Waals surface area contributed by atoms with Crippen molar-refractivity contribution in [3.8, 4) is 0 Å². The van der Waals surface area contributed by atoms with Crippen LogP contribution in [-0.4, -0.2) is 45.9 Å². The summed E-state index contributed by atoms with van der Waals surface area (Å²) in [6.07, 6.45) is -2.86. The van der Waals surface area contributed by atoms with E-state index in [1.54, 1.807) is 0 Å². The molecule has 1 amide bonds.